The van der Waals surface area contributed by atoms with Gasteiger partial charge < -0.3 is 0 Å². The minimum Gasteiger partial charge on any atom is -0.299 e. The van der Waals surface area contributed by atoms with E-state index in [2.05, 4.69) is 42.2 Å². The van der Waals surface area contributed by atoms with Crippen molar-refractivity contribution in [3.8, 4) is 23.0 Å². The molecule has 1 N–H and O–H groups in total. The lowest BCUT2D eigenvalue weighted by Gasteiger charge is -2.35. The number of nitrogens with zero attached hydrogens (tertiary/aromatic N) is 9. The number of aromatic nitrogens is 9. The van der Waals surface area contributed by atoms with Crippen LogP contribution < -0.4 is 4.90 Å². The Balaban J connectivity index is 1.53. The van der Waals surface area contributed by atoms with E-state index in [9.17, 15) is 4.39 Å². The molecule has 1 unspecified atom stereocenters. The van der Waals surface area contributed by atoms with E-state index in [-0.39, 0.29) is 11.9 Å². The molecule has 5 aromatic rings. The lowest BCUT2D eigenvalue weighted by Crippen LogP contribution is -2.32. The van der Waals surface area contributed by atoms with Crippen LogP contribution in [-0.2, 0) is 0 Å². The fourth-order valence-corrected chi connectivity index (χ4v) is 4.05. The molecule has 10 nitrogen and oxygen atoms in total. The van der Waals surface area contributed by atoms with E-state index in [0.29, 0.717) is 17.6 Å². The normalized spacial score (nSPS) is 14.9. The number of aromatic amines is 1. The SMILES string of the molecule is CCC1c2nncn2-c2cnc(-n3ccnc3-c3ccc(F)cc3)nc2N1c1ccn[nH]1. The lowest BCUT2D eigenvalue weighted by atomic mass is 10.1. The second-order valence-electron chi connectivity index (χ2n) is 7.30. The van der Waals surface area contributed by atoms with Gasteiger partial charge in [-0.1, -0.05) is 6.92 Å². The number of anilines is 2. The molecule has 158 valence electrons. The summed E-state index contributed by atoms with van der Waals surface area (Å²) in [5, 5.41) is 15.6. The summed E-state index contributed by atoms with van der Waals surface area (Å²) in [6.45, 7) is 2.09. The monoisotopic (exact) mass is 428 g/mol. The number of H-pyrrole nitrogens is 1. The molecule has 0 radical (unpaired) electrons. The number of benzene rings is 1. The maximum absolute atomic E-state index is 13.4. The van der Waals surface area contributed by atoms with Crippen molar-refractivity contribution in [3.05, 3.63) is 73.1 Å². The van der Waals surface area contributed by atoms with Gasteiger partial charge in [-0.2, -0.15) is 10.1 Å². The van der Waals surface area contributed by atoms with Crippen molar-refractivity contribution in [2.24, 2.45) is 0 Å². The van der Waals surface area contributed by atoms with Crippen molar-refractivity contribution in [1.29, 1.82) is 0 Å². The average Bonchev–Trinajstić information content (AvgIpc) is 3.60. The summed E-state index contributed by atoms with van der Waals surface area (Å²) in [7, 11) is 0. The molecule has 1 aliphatic heterocycles. The topological polar surface area (TPSA) is 106 Å². The van der Waals surface area contributed by atoms with Gasteiger partial charge in [0.15, 0.2) is 11.6 Å². The van der Waals surface area contributed by atoms with E-state index in [1.807, 2.05) is 10.6 Å². The zero-order chi connectivity index (χ0) is 21.7. The van der Waals surface area contributed by atoms with Gasteiger partial charge in [-0.25, -0.2) is 14.4 Å². The molecule has 0 saturated carbocycles. The highest BCUT2D eigenvalue weighted by Crippen LogP contribution is 2.42. The largest absolute Gasteiger partial charge is 0.299 e. The Morgan fingerprint density at radius 1 is 1.06 bits per heavy atom. The van der Waals surface area contributed by atoms with Crippen LogP contribution in [0.25, 0.3) is 23.0 Å². The molecule has 1 aliphatic rings. The molecule has 5 heterocycles. The lowest BCUT2D eigenvalue weighted by molar-refractivity contribution is 0.583. The molecule has 0 fully saturated rings. The molecule has 11 heteroatoms. The van der Waals surface area contributed by atoms with Gasteiger partial charge >= 0.3 is 0 Å². The highest BCUT2D eigenvalue weighted by atomic mass is 19.1. The molecule has 32 heavy (non-hydrogen) atoms. The van der Waals surface area contributed by atoms with Crippen LogP contribution in [0.3, 0.4) is 0 Å². The van der Waals surface area contributed by atoms with Crippen LogP contribution in [0.2, 0.25) is 0 Å². The first-order valence-electron chi connectivity index (χ1n) is 10.1. The molecule has 1 aromatic carbocycles. The maximum atomic E-state index is 13.4. The van der Waals surface area contributed by atoms with Crippen LogP contribution >= 0.6 is 0 Å². The fourth-order valence-electron chi connectivity index (χ4n) is 4.05. The average molecular weight is 428 g/mol. The van der Waals surface area contributed by atoms with E-state index in [0.717, 1.165) is 29.3 Å². The Bertz CT molecular complexity index is 1390. The summed E-state index contributed by atoms with van der Waals surface area (Å²) in [4.78, 5) is 16.0. The van der Waals surface area contributed by atoms with Crippen LogP contribution in [0.5, 0.6) is 0 Å². The Kier molecular flexibility index (Phi) is 4.06. The third-order valence-electron chi connectivity index (χ3n) is 5.50. The number of imidazole rings is 1. The number of rotatable bonds is 4. The van der Waals surface area contributed by atoms with Crippen LogP contribution in [0, 0.1) is 5.82 Å². The van der Waals surface area contributed by atoms with Crippen molar-refractivity contribution < 1.29 is 4.39 Å². The summed E-state index contributed by atoms with van der Waals surface area (Å²) < 4.78 is 17.1. The molecule has 0 amide bonds. The molecule has 6 rings (SSSR count). The molecule has 0 spiro atoms. The maximum Gasteiger partial charge on any atom is 0.237 e. The number of halogens is 1. The van der Waals surface area contributed by atoms with E-state index in [4.69, 9.17) is 4.98 Å². The van der Waals surface area contributed by atoms with Crippen molar-refractivity contribution in [3.63, 3.8) is 0 Å². The number of fused-ring (bicyclic) bond motifs is 3. The first-order chi connectivity index (χ1) is 15.7. The minimum atomic E-state index is -0.303. The number of hydrogen-bond acceptors (Lipinski definition) is 7. The van der Waals surface area contributed by atoms with Gasteiger partial charge in [0.25, 0.3) is 0 Å². The molecular weight excluding hydrogens is 411 g/mol. The van der Waals surface area contributed by atoms with E-state index < -0.39 is 0 Å². The van der Waals surface area contributed by atoms with Crippen molar-refractivity contribution in [2.45, 2.75) is 19.4 Å². The third kappa shape index (κ3) is 2.71. The number of nitrogens with one attached hydrogen (secondary N) is 1. The Morgan fingerprint density at radius 2 is 1.94 bits per heavy atom. The van der Waals surface area contributed by atoms with Crippen molar-refractivity contribution in [1.82, 2.24) is 44.5 Å². The second kappa shape index (κ2) is 7.08. The standard InChI is InChI=1S/C21H17FN10/c1-2-15-20-29-26-12-31(20)16-11-24-21(27-19(16)32(15)17-7-8-25-28-17)30-10-9-23-18(30)13-3-5-14(22)6-4-13/h3-12,15H,2H2,1H3,(H,25,28). The Labute approximate surface area is 181 Å². The van der Waals surface area contributed by atoms with Gasteiger partial charge in [0.05, 0.1) is 18.4 Å². The molecule has 0 aliphatic carbocycles. The van der Waals surface area contributed by atoms with Crippen molar-refractivity contribution >= 4 is 11.6 Å². The van der Waals surface area contributed by atoms with Gasteiger partial charge in [0.1, 0.15) is 29.5 Å². The van der Waals surface area contributed by atoms with Gasteiger partial charge in [-0.05, 0) is 30.7 Å². The van der Waals surface area contributed by atoms with Gasteiger partial charge in [-0.3, -0.25) is 19.1 Å². The summed E-state index contributed by atoms with van der Waals surface area (Å²) in [6, 6.07) is 7.97. The molecule has 0 saturated heterocycles. The minimum absolute atomic E-state index is 0.0902. The predicted molar refractivity (Wildman–Crippen MR) is 113 cm³/mol. The van der Waals surface area contributed by atoms with Crippen LogP contribution in [-0.4, -0.2) is 44.5 Å². The highest BCUT2D eigenvalue weighted by Gasteiger charge is 2.35. The quantitative estimate of drug-likeness (QED) is 0.468. The first-order valence-corrected chi connectivity index (χ1v) is 10.1. The van der Waals surface area contributed by atoms with E-state index in [1.165, 1.54) is 12.1 Å². The summed E-state index contributed by atoms with van der Waals surface area (Å²) in [5.74, 6) is 3.05. The van der Waals surface area contributed by atoms with Gasteiger partial charge in [-0.15, -0.1) is 10.2 Å². The zero-order valence-electron chi connectivity index (χ0n) is 17.0. The fraction of sp³-hybridized carbons (Fsp3) is 0.143. The van der Waals surface area contributed by atoms with Crippen molar-refractivity contribution in [2.75, 3.05) is 4.90 Å². The molecule has 4 aromatic heterocycles. The van der Waals surface area contributed by atoms with E-state index >= 15 is 0 Å². The van der Waals surface area contributed by atoms with E-state index in [1.54, 1.807) is 47.8 Å². The smallest absolute Gasteiger partial charge is 0.237 e. The van der Waals surface area contributed by atoms with Gasteiger partial charge in [0.2, 0.25) is 5.95 Å². The summed E-state index contributed by atoms with van der Waals surface area (Å²) in [5.41, 5.74) is 1.52. The van der Waals surface area contributed by atoms with Crippen LogP contribution in [0.15, 0.2) is 61.4 Å². The second-order valence-corrected chi connectivity index (χ2v) is 7.30. The zero-order valence-corrected chi connectivity index (χ0v) is 17.0. The van der Waals surface area contributed by atoms with Gasteiger partial charge in [0, 0.05) is 24.0 Å². The third-order valence-corrected chi connectivity index (χ3v) is 5.50. The predicted octanol–water partition coefficient (Wildman–Crippen LogP) is 3.38. The number of hydrogen-bond donors (Lipinski definition) is 1. The first kappa shape index (κ1) is 18.4. The van der Waals surface area contributed by atoms with Crippen LogP contribution in [0.4, 0.5) is 16.0 Å². The Morgan fingerprint density at radius 3 is 2.72 bits per heavy atom. The highest BCUT2D eigenvalue weighted by molar-refractivity contribution is 5.70. The summed E-state index contributed by atoms with van der Waals surface area (Å²) >= 11 is 0. The molecular formula is C21H17FN10. The molecule has 0 bridgehead atoms. The molecule has 1 atom stereocenters. The summed E-state index contributed by atoms with van der Waals surface area (Å²) in [6.07, 6.45) is 9.35. The van der Waals surface area contributed by atoms with Crippen LogP contribution in [0.1, 0.15) is 25.2 Å². The Hall–Kier alpha value is -4.41.